The van der Waals surface area contributed by atoms with Crippen molar-refractivity contribution in [1.29, 1.82) is 0 Å². The van der Waals surface area contributed by atoms with Gasteiger partial charge in [0.15, 0.2) is 11.6 Å². The van der Waals surface area contributed by atoms with Crippen molar-refractivity contribution >= 4 is 0 Å². The van der Waals surface area contributed by atoms with E-state index >= 15 is 0 Å². The summed E-state index contributed by atoms with van der Waals surface area (Å²) in [4.78, 5) is 19.2. The van der Waals surface area contributed by atoms with Crippen LogP contribution in [-0.4, -0.2) is 26.9 Å². The first-order valence-electron chi connectivity index (χ1n) is 10.4. The second kappa shape index (κ2) is 9.32. The summed E-state index contributed by atoms with van der Waals surface area (Å²) in [6.45, 7) is 1.58. The number of alkyl halides is 3. The Labute approximate surface area is 196 Å². The Hall–Kier alpha value is -4.02. The maximum atomic E-state index is 14.4. The third kappa shape index (κ3) is 5.23. The van der Waals surface area contributed by atoms with Crippen molar-refractivity contribution in [2.24, 2.45) is 0 Å². The van der Waals surface area contributed by atoms with Gasteiger partial charge in [-0.1, -0.05) is 12.1 Å². The van der Waals surface area contributed by atoms with Gasteiger partial charge in [0.25, 0.3) is 5.56 Å². The average Bonchev–Trinajstić information content (AvgIpc) is 3.28. The molecule has 182 valence electrons. The first-order chi connectivity index (χ1) is 16.5. The van der Waals surface area contributed by atoms with Crippen molar-refractivity contribution in [2.45, 2.75) is 25.6 Å². The van der Waals surface area contributed by atoms with E-state index in [4.69, 9.17) is 4.74 Å². The fourth-order valence-electron chi connectivity index (χ4n) is 3.62. The number of nitrogens with zero attached hydrogens (tertiary/aromatic N) is 3. The molecule has 0 spiro atoms. The summed E-state index contributed by atoms with van der Waals surface area (Å²) in [5.41, 5.74) is -0.210. The molecule has 1 atom stereocenters. The van der Waals surface area contributed by atoms with Crippen LogP contribution in [0.4, 0.5) is 22.0 Å². The highest BCUT2D eigenvalue weighted by atomic mass is 19.4. The van der Waals surface area contributed by atoms with Crippen LogP contribution in [0.25, 0.3) is 11.3 Å². The fourth-order valence-corrected chi connectivity index (χ4v) is 3.62. The van der Waals surface area contributed by atoms with Gasteiger partial charge in [-0.25, -0.2) is 13.8 Å². The molecule has 11 heteroatoms. The molecule has 4 aromatic rings. The van der Waals surface area contributed by atoms with Crippen molar-refractivity contribution in [2.75, 3.05) is 7.11 Å². The molecule has 1 N–H and O–H groups in total. The number of H-pyrrole nitrogens is 1. The van der Waals surface area contributed by atoms with E-state index in [2.05, 4.69) is 15.1 Å². The Balaban J connectivity index is 1.59. The van der Waals surface area contributed by atoms with Gasteiger partial charge < -0.3 is 9.72 Å². The molecule has 4 rings (SSSR count). The molecule has 0 aliphatic heterocycles. The number of hydrogen-bond donors (Lipinski definition) is 1. The minimum Gasteiger partial charge on any atom is -0.494 e. The maximum Gasteiger partial charge on any atom is 0.416 e. The number of benzene rings is 2. The molecule has 6 nitrogen and oxygen atoms in total. The minimum absolute atomic E-state index is 0.0220. The van der Waals surface area contributed by atoms with Gasteiger partial charge in [-0.2, -0.15) is 18.3 Å². The largest absolute Gasteiger partial charge is 0.494 e. The Morgan fingerprint density at radius 2 is 1.86 bits per heavy atom. The van der Waals surface area contributed by atoms with Gasteiger partial charge in [0.2, 0.25) is 0 Å². The van der Waals surface area contributed by atoms with Crippen molar-refractivity contribution in [3.8, 4) is 17.0 Å². The SMILES string of the molecule is COc1ccc(Cc2nc(-c3cnn(C(C)c4ccc(C(F)(F)F)cc4F)c3)cc(=O)[nH]2)cc1F. The fraction of sp³-hybridized carbons (Fsp3) is 0.208. The summed E-state index contributed by atoms with van der Waals surface area (Å²) in [6.07, 6.45) is -1.58. The zero-order valence-electron chi connectivity index (χ0n) is 18.5. The van der Waals surface area contributed by atoms with E-state index in [1.54, 1.807) is 13.0 Å². The number of ether oxygens (including phenoxy) is 1. The minimum atomic E-state index is -4.65. The van der Waals surface area contributed by atoms with Crippen molar-refractivity contribution in [3.05, 3.63) is 99.4 Å². The lowest BCUT2D eigenvalue weighted by molar-refractivity contribution is -0.137. The number of nitrogens with one attached hydrogen (secondary N) is 1. The lowest BCUT2D eigenvalue weighted by atomic mass is 10.0. The van der Waals surface area contributed by atoms with Gasteiger partial charge in [0, 0.05) is 29.8 Å². The molecule has 1 unspecified atom stereocenters. The van der Waals surface area contributed by atoms with Crippen LogP contribution >= 0.6 is 0 Å². The lowest BCUT2D eigenvalue weighted by Crippen LogP contribution is -2.12. The normalized spacial score (nSPS) is 12.5. The van der Waals surface area contributed by atoms with Gasteiger partial charge >= 0.3 is 6.18 Å². The quantitative estimate of drug-likeness (QED) is 0.380. The second-order valence-corrected chi connectivity index (χ2v) is 7.84. The van der Waals surface area contributed by atoms with Crippen LogP contribution in [0.3, 0.4) is 0 Å². The van der Waals surface area contributed by atoms with Crippen LogP contribution in [0.1, 0.15) is 35.5 Å². The summed E-state index contributed by atoms with van der Waals surface area (Å²) in [6, 6.07) is 7.25. The van der Waals surface area contributed by atoms with E-state index in [0.29, 0.717) is 17.2 Å². The van der Waals surface area contributed by atoms with Crippen LogP contribution in [0.2, 0.25) is 0 Å². The monoisotopic (exact) mass is 490 g/mol. The number of aromatic amines is 1. The van der Waals surface area contributed by atoms with Gasteiger partial charge in [-0.3, -0.25) is 9.48 Å². The number of hydrogen-bond acceptors (Lipinski definition) is 4. The standard InChI is InChI=1S/C24H19F5N4O2/c1-13(17-5-4-16(9-18(17)25)24(27,28)29)33-12-15(11-30-33)20-10-23(34)32-22(31-20)8-14-3-6-21(35-2)19(26)7-14/h3-7,9-13H,8H2,1-2H3,(H,31,32,34). The van der Waals surface area contributed by atoms with E-state index < -0.39 is 35.0 Å². The highest BCUT2D eigenvalue weighted by molar-refractivity contribution is 5.56. The molecule has 2 aromatic heterocycles. The number of aromatic nitrogens is 4. The van der Waals surface area contributed by atoms with Crippen molar-refractivity contribution in [3.63, 3.8) is 0 Å². The third-order valence-electron chi connectivity index (χ3n) is 5.45. The highest BCUT2D eigenvalue weighted by Crippen LogP contribution is 2.32. The smallest absolute Gasteiger partial charge is 0.416 e. The number of rotatable bonds is 6. The highest BCUT2D eigenvalue weighted by Gasteiger charge is 2.31. The van der Waals surface area contributed by atoms with Crippen LogP contribution in [0, 0.1) is 11.6 Å². The number of methoxy groups -OCH3 is 1. The summed E-state index contributed by atoms with van der Waals surface area (Å²) in [5, 5.41) is 4.17. The average molecular weight is 490 g/mol. The predicted octanol–water partition coefficient (Wildman–Crippen LogP) is 5.14. The van der Waals surface area contributed by atoms with Crippen LogP contribution < -0.4 is 10.3 Å². The second-order valence-electron chi connectivity index (χ2n) is 7.84. The van der Waals surface area contributed by atoms with E-state index in [1.807, 2.05) is 0 Å². The van der Waals surface area contributed by atoms with Gasteiger partial charge in [0.1, 0.15) is 11.6 Å². The zero-order chi connectivity index (χ0) is 25.3. The van der Waals surface area contributed by atoms with E-state index in [0.717, 1.165) is 12.1 Å². The Kier molecular flexibility index (Phi) is 6.42. The molecule has 0 saturated heterocycles. The zero-order valence-corrected chi connectivity index (χ0v) is 18.5. The Morgan fingerprint density at radius 1 is 1.09 bits per heavy atom. The van der Waals surface area contributed by atoms with E-state index in [1.165, 1.54) is 42.4 Å². The molecular weight excluding hydrogens is 471 g/mol. The molecular formula is C24H19F5N4O2. The summed E-state index contributed by atoms with van der Waals surface area (Å²) in [5.74, 6) is -1.18. The van der Waals surface area contributed by atoms with Crippen LogP contribution in [-0.2, 0) is 12.6 Å². The Bertz CT molecular complexity index is 1430. The Morgan fingerprint density at radius 3 is 2.51 bits per heavy atom. The molecule has 0 aliphatic carbocycles. The summed E-state index contributed by atoms with van der Waals surface area (Å²) < 4.78 is 73.1. The molecule has 2 heterocycles. The topological polar surface area (TPSA) is 72.8 Å². The predicted molar refractivity (Wildman–Crippen MR) is 117 cm³/mol. The number of halogens is 5. The van der Waals surface area contributed by atoms with E-state index in [-0.39, 0.29) is 29.3 Å². The van der Waals surface area contributed by atoms with Crippen LogP contribution in [0.15, 0.2) is 59.7 Å². The first kappa shape index (κ1) is 24.1. The molecule has 0 radical (unpaired) electrons. The van der Waals surface area contributed by atoms with Crippen molar-refractivity contribution in [1.82, 2.24) is 19.7 Å². The van der Waals surface area contributed by atoms with Crippen LogP contribution in [0.5, 0.6) is 5.75 Å². The molecule has 2 aromatic carbocycles. The van der Waals surface area contributed by atoms with E-state index in [9.17, 15) is 26.7 Å². The molecule has 0 amide bonds. The molecule has 35 heavy (non-hydrogen) atoms. The summed E-state index contributed by atoms with van der Waals surface area (Å²) in [7, 11) is 1.35. The van der Waals surface area contributed by atoms with Crippen molar-refractivity contribution < 1.29 is 26.7 Å². The molecule has 0 aliphatic rings. The summed E-state index contributed by atoms with van der Waals surface area (Å²) >= 11 is 0. The molecule has 0 saturated carbocycles. The van der Waals surface area contributed by atoms with Gasteiger partial charge in [-0.05, 0) is 36.8 Å². The third-order valence-corrected chi connectivity index (χ3v) is 5.45. The molecule has 0 bridgehead atoms. The lowest BCUT2D eigenvalue weighted by Gasteiger charge is -2.15. The maximum absolute atomic E-state index is 14.4. The van der Waals surface area contributed by atoms with Gasteiger partial charge in [0.05, 0.1) is 30.6 Å². The molecule has 0 fully saturated rings. The van der Waals surface area contributed by atoms with Gasteiger partial charge in [-0.15, -0.1) is 0 Å². The first-order valence-corrected chi connectivity index (χ1v) is 10.4.